The van der Waals surface area contributed by atoms with E-state index in [1.807, 2.05) is 32.0 Å². The zero-order valence-electron chi connectivity index (χ0n) is 10.9. The highest BCUT2D eigenvalue weighted by atomic mass is 32.1. The highest BCUT2D eigenvalue weighted by molar-refractivity contribution is 7.10. The topological polar surface area (TPSA) is 44.3 Å². The Morgan fingerprint density at radius 2 is 2.11 bits per heavy atom. The van der Waals surface area contributed by atoms with E-state index in [2.05, 4.69) is 28.4 Å². The highest BCUT2D eigenvalue weighted by Gasteiger charge is 2.20. The van der Waals surface area contributed by atoms with E-state index in [0.29, 0.717) is 5.75 Å². The quantitative estimate of drug-likeness (QED) is 0.786. The summed E-state index contributed by atoms with van der Waals surface area (Å²) in [6.07, 6.45) is 2.11. The van der Waals surface area contributed by atoms with Crippen LogP contribution in [0, 0.1) is 13.8 Å². The summed E-state index contributed by atoms with van der Waals surface area (Å²) in [5, 5.41) is 12.3. The van der Waals surface area contributed by atoms with Crippen LogP contribution < -0.4 is 10.9 Å². The van der Waals surface area contributed by atoms with Gasteiger partial charge in [-0.25, -0.2) is 5.43 Å². The average molecular weight is 272 g/mol. The van der Waals surface area contributed by atoms with Crippen molar-refractivity contribution in [2.24, 2.45) is 0 Å². The van der Waals surface area contributed by atoms with E-state index in [0.717, 1.165) is 22.4 Å². The second-order valence-corrected chi connectivity index (χ2v) is 5.80. The molecule has 0 amide bonds. The van der Waals surface area contributed by atoms with Crippen LogP contribution in [-0.4, -0.2) is 5.11 Å². The molecule has 1 atom stereocenters. The molecule has 1 aromatic heterocycles. The van der Waals surface area contributed by atoms with Crippen molar-refractivity contribution < 1.29 is 5.11 Å². The molecule has 3 N–H and O–H groups in total. The molecule has 0 spiro atoms. The number of hydrazine groups is 1. The Morgan fingerprint density at radius 1 is 1.26 bits per heavy atom. The summed E-state index contributed by atoms with van der Waals surface area (Å²) in [7, 11) is 0. The van der Waals surface area contributed by atoms with Crippen LogP contribution in [0.3, 0.4) is 0 Å². The summed E-state index contributed by atoms with van der Waals surface area (Å²) in [4.78, 5) is 1.26. The first-order valence-electron chi connectivity index (χ1n) is 6.22. The second-order valence-electron chi connectivity index (χ2n) is 4.82. The van der Waals surface area contributed by atoms with Gasteiger partial charge in [-0.3, -0.25) is 0 Å². The van der Waals surface area contributed by atoms with Crippen molar-refractivity contribution >= 4 is 17.0 Å². The van der Waals surface area contributed by atoms with Crippen molar-refractivity contribution in [1.82, 2.24) is 10.9 Å². The van der Waals surface area contributed by atoms with Crippen LogP contribution in [0.1, 0.15) is 27.6 Å². The van der Waals surface area contributed by atoms with Crippen LogP contribution in [0.4, 0.5) is 0 Å². The minimum absolute atomic E-state index is 0.162. The summed E-state index contributed by atoms with van der Waals surface area (Å²) in [5.41, 5.74) is 10.2. The van der Waals surface area contributed by atoms with Crippen molar-refractivity contribution in [3.8, 4) is 5.75 Å². The predicted molar refractivity (Wildman–Crippen MR) is 78.9 cm³/mol. The van der Waals surface area contributed by atoms with Crippen LogP contribution in [0.2, 0.25) is 0 Å². The van der Waals surface area contributed by atoms with E-state index < -0.39 is 0 Å². The number of phenolic OH excluding ortho intramolecular Hbond substituents is 1. The fraction of sp³-hybridized carbons (Fsp3) is 0.200. The zero-order chi connectivity index (χ0) is 13.4. The fourth-order valence-corrected chi connectivity index (χ4v) is 3.09. The molecular weight excluding hydrogens is 256 g/mol. The van der Waals surface area contributed by atoms with Gasteiger partial charge in [0.2, 0.25) is 0 Å². The van der Waals surface area contributed by atoms with Gasteiger partial charge in [-0.15, -0.1) is 11.3 Å². The van der Waals surface area contributed by atoms with Gasteiger partial charge in [0.05, 0.1) is 11.7 Å². The van der Waals surface area contributed by atoms with E-state index in [4.69, 9.17) is 0 Å². The number of hydrogen-bond acceptors (Lipinski definition) is 4. The molecule has 4 heteroatoms. The van der Waals surface area contributed by atoms with E-state index >= 15 is 0 Å². The molecule has 0 bridgehead atoms. The number of benzene rings is 1. The SMILES string of the molecule is Cc1cc(C)c(O)c(C2=C[C@@H](c3cccs3)NN2)c1. The lowest BCUT2D eigenvalue weighted by Crippen LogP contribution is -2.25. The number of thiophene rings is 1. The van der Waals surface area contributed by atoms with Gasteiger partial charge in [0.1, 0.15) is 5.75 Å². The lowest BCUT2D eigenvalue weighted by molar-refractivity contribution is 0.468. The van der Waals surface area contributed by atoms with Gasteiger partial charge in [0.15, 0.2) is 0 Å². The Labute approximate surface area is 116 Å². The summed E-state index contributed by atoms with van der Waals surface area (Å²) in [6.45, 7) is 3.96. The Morgan fingerprint density at radius 3 is 2.84 bits per heavy atom. The molecule has 0 unspecified atom stereocenters. The standard InChI is InChI=1S/C15H16N2OS/c1-9-6-10(2)15(18)11(7-9)12-8-13(17-16-12)14-4-3-5-19-14/h3-8,13,16-18H,1-2H3/t13-/m0/s1. The van der Waals surface area contributed by atoms with Crippen molar-refractivity contribution in [2.75, 3.05) is 0 Å². The highest BCUT2D eigenvalue weighted by Crippen LogP contribution is 2.33. The third-order valence-corrected chi connectivity index (χ3v) is 4.24. The van der Waals surface area contributed by atoms with Crippen molar-refractivity contribution in [3.63, 3.8) is 0 Å². The molecule has 0 saturated carbocycles. The maximum atomic E-state index is 10.2. The molecule has 2 heterocycles. The largest absolute Gasteiger partial charge is 0.507 e. The average Bonchev–Trinajstić information content (AvgIpc) is 3.03. The molecule has 19 heavy (non-hydrogen) atoms. The van der Waals surface area contributed by atoms with Gasteiger partial charge in [-0.1, -0.05) is 12.1 Å². The van der Waals surface area contributed by atoms with Gasteiger partial charge in [-0.2, -0.15) is 0 Å². The van der Waals surface area contributed by atoms with Crippen molar-refractivity contribution in [3.05, 3.63) is 57.3 Å². The van der Waals surface area contributed by atoms with Crippen LogP contribution in [0.15, 0.2) is 35.7 Å². The van der Waals surface area contributed by atoms with Gasteiger partial charge < -0.3 is 10.5 Å². The van der Waals surface area contributed by atoms with Crippen LogP contribution >= 0.6 is 11.3 Å². The molecule has 0 radical (unpaired) electrons. The predicted octanol–water partition coefficient (Wildman–Crippen LogP) is 3.26. The lowest BCUT2D eigenvalue weighted by Gasteiger charge is -2.10. The second kappa shape index (κ2) is 4.72. The Hall–Kier alpha value is -1.78. The fourth-order valence-electron chi connectivity index (χ4n) is 2.35. The molecule has 3 nitrogen and oxygen atoms in total. The normalized spacial score (nSPS) is 18.2. The molecule has 3 rings (SSSR count). The first-order valence-corrected chi connectivity index (χ1v) is 7.10. The van der Waals surface area contributed by atoms with Crippen LogP contribution in [0.5, 0.6) is 5.75 Å². The molecular formula is C15H16N2OS. The van der Waals surface area contributed by atoms with Gasteiger partial charge in [-0.05, 0) is 48.6 Å². The maximum Gasteiger partial charge on any atom is 0.127 e. The number of aromatic hydroxyl groups is 1. The number of hydrogen-bond donors (Lipinski definition) is 3. The summed E-state index contributed by atoms with van der Waals surface area (Å²) in [5.74, 6) is 0.345. The molecule has 2 aromatic rings. The van der Waals surface area contributed by atoms with Gasteiger partial charge in [0, 0.05) is 10.4 Å². The summed E-state index contributed by atoms with van der Waals surface area (Å²) < 4.78 is 0. The number of aryl methyl sites for hydroxylation is 2. The summed E-state index contributed by atoms with van der Waals surface area (Å²) >= 11 is 1.72. The smallest absolute Gasteiger partial charge is 0.127 e. The van der Waals surface area contributed by atoms with Crippen molar-refractivity contribution in [1.29, 1.82) is 0 Å². The molecule has 0 saturated heterocycles. The van der Waals surface area contributed by atoms with Crippen LogP contribution in [-0.2, 0) is 0 Å². The molecule has 0 aliphatic carbocycles. The van der Waals surface area contributed by atoms with Crippen LogP contribution in [0.25, 0.3) is 5.70 Å². The lowest BCUT2D eigenvalue weighted by atomic mass is 10.0. The first-order chi connectivity index (χ1) is 9.15. The van der Waals surface area contributed by atoms with Gasteiger partial charge >= 0.3 is 0 Å². The molecule has 1 aromatic carbocycles. The van der Waals surface area contributed by atoms with Gasteiger partial charge in [0.25, 0.3) is 0 Å². The molecule has 98 valence electrons. The number of nitrogens with one attached hydrogen (secondary N) is 2. The van der Waals surface area contributed by atoms with Crippen molar-refractivity contribution in [2.45, 2.75) is 19.9 Å². The van der Waals surface area contributed by atoms with E-state index in [1.165, 1.54) is 4.88 Å². The minimum Gasteiger partial charge on any atom is -0.507 e. The zero-order valence-corrected chi connectivity index (χ0v) is 11.7. The van der Waals surface area contributed by atoms with E-state index in [1.54, 1.807) is 11.3 Å². The molecule has 1 aliphatic rings. The monoisotopic (exact) mass is 272 g/mol. The number of rotatable bonds is 2. The Balaban J connectivity index is 1.98. The van der Waals surface area contributed by atoms with E-state index in [-0.39, 0.29) is 6.04 Å². The van der Waals surface area contributed by atoms with E-state index in [9.17, 15) is 5.11 Å². The number of phenols is 1. The summed E-state index contributed by atoms with van der Waals surface area (Å²) in [6, 6.07) is 8.29. The Kier molecular flexibility index (Phi) is 3.05. The maximum absolute atomic E-state index is 10.2. The minimum atomic E-state index is 0.162. The third kappa shape index (κ3) is 2.25. The third-order valence-electron chi connectivity index (χ3n) is 3.28. The Bertz CT molecular complexity index is 632. The molecule has 0 fully saturated rings. The molecule has 1 aliphatic heterocycles. The first kappa shape index (κ1) is 12.3.